The fourth-order valence-electron chi connectivity index (χ4n) is 4.46. The average molecular weight is 586 g/mol. The molecule has 0 bridgehead atoms. The van der Waals surface area contributed by atoms with Crippen LogP contribution < -0.4 is 10.6 Å². The molecule has 5 rings (SSSR count). The molecule has 3 heterocycles. The van der Waals surface area contributed by atoms with Crippen LogP contribution in [0.25, 0.3) is 5.65 Å². The zero-order valence-corrected chi connectivity index (χ0v) is 23.9. The average Bonchev–Trinajstić information content (AvgIpc) is 3.59. The van der Waals surface area contributed by atoms with E-state index >= 15 is 0 Å². The van der Waals surface area contributed by atoms with E-state index in [2.05, 4.69) is 37.5 Å². The number of carbonyl (C=O) groups excluding carboxylic acids is 1. The van der Waals surface area contributed by atoms with Crippen LogP contribution in [-0.4, -0.2) is 50.6 Å². The molecule has 220 valence electrons. The van der Waals surface area contributed by atoms with E-state index in [1.807, 2.05) is 54.6 Å². The van der Waals surface area contributed by atoms with Gasteiger partial charge in [-0.05, 0) is 87.9 Å². The molecule has 0 spiro atoms. The molecule has 2 aromatic carbocycles. The highest BCUT2D eigenvalue weighted by Crippen LogP contribution is 2.31. The number of aryl methyl sites for hydroxylation is 2. The molecule has 0 saturated carbocycles. The summed E-state index contributed by atoms with van der Waals surface area (Å²) in [5, 5.41) is 10.4. The number of halogens is 3. The molecule has 0 aliphatic carbocycles. The van der Waals surface area contributed by atoms with Crippen molar-refractivity contribution in [3.05, 3.63) is 107 Å². The maximum absolute atomic E-state index is 13.1. The first kappa shape index (κ1) is 29.4. The van der Waals surface area contributed by atoms with Crippen LogP contribution in [0.5, 0.6) is 0 Å². The molecule has 0 radical (unpaired) electrons. The minimum Gasteiger partial charge on any atom is -0.350 e. The highest BCUT2D eigenvalue weighted by Gasteiger charge is 2.30. The van der Waals surface area contributed by atoms with Gasteiger partial charge in [0.2, 0.25) is 0 Å². The van der Waals surface area contributed by atoms with Crippen LogP contribution in [0, 0.1) is 18.8 Å². The van der Waals surface area contributed by atoms with Gasteiger partial charge in [0.05, 0.1) is 29.3 Å². The van der Waals surface area contributed by atoms with Gasteiger partial charge in [0.15, 0.2) is 5.65 Å². The molecule has 3 aromatic heterocycles. The zero-order chi connectivity index (χ0) is 30.6. The monoisotopic (exact) mass is 585 g/mol. The van der Waals surface area contributed by atoms with Crippen molar-refractivity contribution in [1.29, 1.82) is 0 Å². The lowest BCUT2D eigenvalue weighted by Gasteiger charge is -2.10. The van der Waals surface area contributed by atoms with Gasteiger partial charge in [0.25, 0.3) is 5.91 Å². The summed E-state index contributed by atoms with van der Waals surface area (Å²) in [6.45, 7) is 3.67. The Morgan fingerprint density at radius 3 is 2.65 bits per heavy atom. The van der Waals surface area contributed by atoms with Crippen molar-refractivity contribution in [2.24, 2.45) is 0 Å². The van der Waals surface area contributed by atoms with E-state index in [-0.39, 0.29) is 11.3 Å². The van der Waals surface area contributed by atoms with Gasteiger partial charge in [-0.15, -0.1) is 0 Å². The summed E-state index contributed by atoms with van der Waals surface area (Å²) in [5.41, 5.74) is 3.95. The topological polar surface area (TPSA) is 79.5 Å². The number of rotatable bonds is 8. The second-order valence-electron chi connectivity index (χ2n) is 10.3. The molecule has 0 aliphatic rings. The van der Waals surface area contributed by atoms with E-state index in [1.54, 1.807) is 30.6 Å². The van der Waals surface area contributed by atoms with Crippen molar-refractivity contribution < 1.29 is 18.0 Å². The molecular weight excluding hydrogens is 555 g/mol. The Bertz CT molecular complexity index is 1830. The number of hydrogen-bond acceptors (Lipinski definition) is 5. The molecule has 0 fully saturated rings. The number of hydrogen-bond donors (Lipinski definition) is 2. The number of amides is 1. The number of nitrogens with zero attached hydrogens (tertiary/aromatic N) is 5. The Labute approximate surface area is 247 Å². The quantitative estimate of drug-likeness (QED) is 0.212. The lowest BCUT2D eigenvalue weighted by Crippen LogP contribution is -2.15. The molecule has 0 atom stereocenters. The Kier molecular flexibility index (Phi) is 8.50. The second-order valence-corrected chi connectivity index (χ2v) is 10.3. The zero-order valence-electron chi connectivity index (χ0n) is 23.9. The normalized spacial score (nSPS) is 11.4. The molecule has 0 aliphatic heterocycles. The summed E-state index contributed by atoms with van der Waals surface area (Å²) >= 11 is 0. The van der Waals surface area contributed by atoms with Crippen molar-refractivity contribution in [1.82, 2.24) is 24.1 Å². The number of carbonyl (C=O) groups is 1. The SMILES string of the molecule is Cc1ccc(C(=O)Nc2cccc(C(F)(F)F)c2)cc1C#Cc1cnc2c(Nc3cnn(CCCN(C)C)c3)cccn12. The Morgan fingerprint density at radius 2 is 1.86 bits per heavy atom. The fraction of sp³-hybridized carbons (Fsp3) is 0.219. The Balaban J connectivity index is 1.32. The Hall–Kier alpha value is -5.08. The predicted molar refractivity (Wildman–Crippen MR) is 160 cm³/mol. The number of alkyl halides is 3. The maximum atomic E-state index is 13.1. The van der Waals surface area contributed by atoms with Crippen LogP contribution in [0.4, 0.5) is 30.2 Å². The third-order valence-corrected chi connectivity index (χ3v) is 6.71. The number of anilines is 3. The van der Waals surface area contributed by atoms with Crippen molar-refractivity contribution in [3.63, 3.8) is 0 Å². The minimum absolute atomic E-state index is 0.0554. The first-order valence-electron chi connectivity index (χ1n) is 13.6. The molecule has 11 heteroatoms. The summed E-state index contributed by atoms with van der Waals surface area (Å²) in [5.74, 6) is 5.72. The van der Waals surface area contributed by atoms with Gasteiger partial charge in [-0.3, -0.25) is 13.9 Å². The predicted octanol–water partition coefficient (Wildman–Crippen LogP) is 6.21. The molecule has 8 nitrogen and oxygen atoms in total. The lowest BCUT2D eigenvalue weighted by molar-refractivity contribution is -0.137. The van der Waals surface area contributed by atoms with E-state index in [0.717, 1.165) is 48.6 Å². The smallest absolute Gasteiger partial charge is 0.350 e. The largest absolute Gasteiger partial charge is 0.416 e. The minimum atomic E-state index is -4.50. The van der Waals surface area contributed by atoms with Gasteiger partial charge in [-0.2, -0.15) is 18.3 Å². The van der Waals surface area contributed by atoms with Gasteiger partial charge < -0.3 is 15.5 Å². The second kappa shape index (κ2) is 12.4. The number of imidazole rings is 1. The number of pyridine rings is 1. The first-order chi connectivity index (χ1) is 20.6. The molecular formula is C32H30F3N7O. The Morgan fingerprint density at radius 1 is 1.02 bits per heavy atom. The van der Waals surface area contributed by atoms with E-state index in [1.165, 1.54) is 12.1 Å². The van der Waals surface area contributed by atoms with Gasteiger partial charge >= 0.3 is 6.18 Å². The van der Waals surface area contributed by atoms with Gasteiger partial charge in [0, 0.05) is 35.8 Å². The van der Waals surface area contributed by atoms with Crippen molar-refractivity contribution >= 4 is 28.6 Å². The van der Waals surface area contributed by atoms with Gasteiger partial charge in [-0.25, -0.2) is 4.98 Å². The summed E-state index contributed by atoms with van der Waals surface area (Å²) in [6.07, 6.45) is 3.78. The molecule has 0 saturated heterocycles. The van der Waals surface area contributed by atoms with Crippen molar-refractivity contribution in [2.45, 2.75) is 26.1 Å². The van der Waals surface area contributed by atoms with Gasteiger partial charge in [0.1, 0.15) is 5.69 Å². The molecule has 1 amide bonds. The molecule has 43 heavy (non-hydrogen) atoms. The van der Waals surface area contributed by atoms with E-state index in [0.29, 0.717) is 16.9 Å². The van der Waals surface area contributed by atoms with E-state index in [4.69, 9.17) is 0 Å². The summed E-state index contributed by atoms with van der Waals surface area (Å²) < 4.78 is 43.0. The number of aromatic nitrogens is 4. The number of benzene rings is 2. The number of nitrogens with one attached hydrogen (secondary N) is 2. The van der Waals surface area contributed by atoms with Crippen LogP contribution in [0.3, 0.4) is 0 Å². The first-order valence-corrected chi connectivity index (χ1v) is 13.6. The fourth-order valence-corrected chi connectivity index (χ4v) is 4.46. The van der Waals surface area contributed by atoms with Crippen LogP contribution in [0.1, 0.15) is 39.2 Å². The van der Waals surface area contributed by atoms with E-state index < -0.39 is 17.6 Å². The van der Waals surface area contributed by atoms with Gasteiger partial charge in [-0.1, -0.05) is 18.1 Å². The highest BCUT2D eigenvalue weighted by molar-refractivity contribution is 6.04. The standard InChI is InChI=1S/C32H30F3N7O/c1-22-10-11-24(31(43)39-26-8-4-7-25(18-26)32(33,34)35)17-23(22)12-13-28-20-36-30-29(9-5-16-42(28)30)38-27-19-37-41(21-27)15-6-14-40(2)3/h4-5,7-11,16-21,38H,6,14-15H2,1-3H3,(H,39,43). The summed E-state index contributed by atoms with van der Waals surface area (Å²) in [7, 11) is 4.09. The van der Waals surface area contributed by atoms with Crippen LogP contribution in [-0.2, 0) is 12.7 Å². The maximum Gasteiger partial charge on any atom is 0.416 e. The highest BCUT2D eigenvalue weighted by atomic mass is 19.4. The van der Waals surface area contributed by atoms with Crippen molar-refractivity contribution in [3.8, 4) is 11.8 Å². The number of fused-ring (bicyclic) bond motifs is 1. The van der Waals surface area contributed by atoms with Crippen molar-refractivity contribution in [2.75, 3.05) is 31.3 Å². The van der Waals surface area contributed by atoms with E-state index in [9.17, 15) is 18.0 Å². The third kappa shape index (κ3) is 7.23. The molecule has 5 aromatic rings. The summed E-state index contributed by atoms with van der Waals surface area (Å²) in [6, 6.07) is 13.3. The van der Waals surface area contributed by atoms with Crippen LogP contribution in [0.15, 0.2) is 79.4 Å². The molecule has 0 unspecified atom stereocenters. The summed E-state index contributed by atoms with van der Waals surface area (Å²) in [4.78, 5) is 19.5. The lowest BCUT2D eigenvalue weighted by atomic mass is 10.0. The third-order valence-electron chi connectivity index (χ3n) is 6.71. The van der Waals surface area contributed by atoms with Crippen LogP contribution in [0.2, 0.25) is 0 Å². The molecule has 2 N–H and O–H groups in total. The van der Waals surface area contributed by atoms with Crippen LogP contribution >= 0.6 is 0 Å².